The number of hydrogen-bond donors (Lipinski definition) is 2. The van der Waals surface area contributed by atoms with Gasteiger partial charge < -0.3 is 15.8 Å². The van der Waals surface area contributed by atoms with Gasteiger partial charge in [-0.15, -0.1) is 0 Å². The molecule has 0 bridgehead atoms. The number of carbonyl (C=O) groups is 3. The molecule has 0 spiro atoms. The number of esters is 1. The van der Waals surface area contributed by atoms with E-state index >= 15 is 0 Å². The summed E-state index contributed by atoms with van der Waals surface area (Å²) in [4.78, 5) is 33.7. The lowest BCUT2D eigenvalue weighted by atomic mass is 10.1. The molecule has 102 valence electrons. The van der Waals surface area contributed by atoms with Crippen molar-refractivity contribution in [1.82, 2.24) is 0 Å². The van der Waals surface area contributed by atoms with E-state index in [2.05, 4.69) is 10.1 Å². The van der Waals surface area contributed by atoms with Gasteiger partial charge in [-0.05, 0) is 18.2 Å². The first-order valence-electron chi connectivity index (χ1n) is 5.40. The predicted molar refractivity (Wildman–Crippen MR) is 69.8 cm³/mol. The molecule has 1 rings (SSSR count). The second kappa shape index (κ2) is 6.75. The van der Waals surface area contributed by atoms with Crippen LogP contribution in [0.25, 0.3) is 0 Å². The minimum absolute atomic E-state index is 0.0399. The van der Waals surface area contributed by atoms with E-state index in [1.165, 1.54) is 25.3 Å². The van der Waals surface area contributed by atoms with Crippen molar-refractivity contribution in [2.75, 3.05) is 12.4 Å². The van der Waals surface area contributed by atoms with Crippen LogP contribution in [0.3, 0.4) is 0 Å². The zero-order valence-corrected chi connectivity index (χ0v) is 11.0. The molecule has 7 heteroatoms. The summed E-state index contributed by atoms with van der Waals surface area (Å²) in [6, 6.07) is 4.35. The molecule has 0 fully saturated rings. The Bertz CT molecular complexity index is 516. The van der Waals surface area contributed by atoms with E-state index in [0.29, 0.717) is 5.02 Å². The molecule has 0 saturated heterocycles. The van der Waals surface area contributed by atoms with Gasteiger partial charge in [0.15, 0.2) is 0 Å². The lowest BCUT2D eigenvalue weighted by Gasteiger charge is -2.09. The highest BCUT2D eigenvalue weighted by molar-refractivity contribution is 6.31. The van der Waals surface area contributed by atoms with Crippen molar-refractivity contribution < 1.29 is 19.1 Å². The van der Waals surface area contributed by atoms with Crippen molar-refractivity contribution in [3.8, 4) is 0 Å². The topological polar surface area (TPSA) is 98.5 Å². The Labute approximate surface area is 114 Å². The van der Waals surface area contributed by atoms with E-state index in [0.717, 1.165) is 0 Å². The molecule has 0 aliphatic carbocycles. The molecule has 0 radical (unpaired) electrons. The van der Waals surface area contributed by atoms with Gasteiger partial charge in [-0.3, -0.25) is 14.4 Å². The van der Waals surface area contributed by atoms with Crippen LogP contribution in [0.2, 0.25) is 5.02 Å². The summed E-state index contributed by atoms with van der Waals surface area (Å²) in [5.41, 5.74) is 5.55. The summed E-state index contributed by atoms with van der Waals surface area (Å²) in [5, 5.41) is 2.83. The Kier molecular flexibility index (Phi) is 5.32. The maximum atomic E-state index is 11.6. The van der Waals surface area contributed by atoms with Crippen molar-refractivity contribution in [3.05, 3.63) is 28.8 Å². The van der Waals surface area contributed by atoms with Gasteiger partial charge in [0, 0.05) is 11.4 Å². The summed E-state index contributed by atoms with van der Waals surface area (Å²) in [5.74, 6) is -1.61. The van der Waals surface area contributed by atoms with Crippen molar-refractivity contribution in [3.63, 3.8) is 0 Å². The summed E-state index contributed by atoms with van der Waals surface area (Å²) in [7, 11) is 1.24. The van der Waals surface area contributed by atoms with Crippen LogP contribution in [0.15, 0.2) is 18.2 Å². The van der Waals surface area contributed by atoms with Crippen LogP contribution in [0.4, 0.5) is 5.69 Å². The van der Waals surface area contributed by atoms with Gasteiger partial charge in [0.05, 0.1) is 24.8 Å². The Morgan fingerprint density at radius 1 is 1.32 bits per heavy atom. The van der Waals surface area contributed by atoms with Crippen molar-refractivity contribution >= 4 is 35.1 Å². The average Bonchev–Trinajstić information content (AvgIpc) is 2.37. The van der Waals surface area contributed by atoms with Crippen LogP contribution >= 0.6 is 11.6 Å². The van der Waals surface area contributed by atoms with Crippen molar-refractivity contribution in [2.24, 2.45) is 5.73 Å². The Morgan fingerprint density at radius 2 is 2.00 bits per heavy atom. The van der Waals surface area contributed by atoms with Crippen LogP contribution in [-0.2, 0) is 14.3 Å². The number of primary amides is 1. The maximum absolute atomic E-state index is 11.6. The van der Waals surface area contributed by atoms with Gasteiger partial charge in [-0.1, -0.05) is 11.6 Å². The first kappa shape index (κ1) is 15.0. The van der Waals surface area contributed by atoms with E-state index in [9.17, 15) is 14.4 Å². The van der Waals surface area contributed by atoms with Crippen LogP contribution in [0.5, 0.6) is 0 Å². The molecule has 2 amide bonds. The number of methoxy groups -OCH3 is 1. The molecule has 0 aromatic heterocycles. The number of halogens is 1. The number of anilines is 1. The van der Waals surface area contributed by atoms with E-state index in [-0.39, 0.29) is 24.1 Å². The van der Waals surface area contributed by atoms with E-state index < -0.39 is 17.8 Å². The van der Waals surface area contributed by atoms with Crippen LogP contribution in [0, 0.1) is 0 Å². The molecular weight excluding hydrogens is 272 g/mol. The second-order valence-electron chi connectivity index (χ2n) is 3.68. The molecule has 0 aliphatic rings. The molecule has 19 heavy (non-hydrogen) atoms. The minimum atomic E-state index is -0.703. The van der Waals surface area contributed by atoms with Gasteiger partial charge in [-0.2, -0.15) is 0 Å². The smallest absolute Gasteiger partial charge is 0.306 e. The van der Waals surface area contributed by atoms with Gasteiger partial charge in [0.2, 0.25) is 5.91 Å². The number of carbonyl (C=O) groups excluding carboxylic acids is 3. The number of rotatable bonds is 5. The fourth-order valence-corrected chi connectivity index (χ4v) is 1.53. The lowest BCUT2D eigenvalue weighted by molar-refractivity contribution is -0.141. The number of nitrogens with one attached hydrogen (secondary N) is 1. The third kappa shape index (κ3) is 4.59. The maximum Gasteiger partial charge on any atom is 0.306 e. The van der Waals surface area contributed by atoms with Crippen molar-refractivity contribution in [2.45, 2.75) is 12.8 Å². The van der Waals surface area contributed by atoms with Gasteiger partial charge in [0.1, 0.15) is 0 Å². The molecular formula is C12H13ClN2O4. The van der Waals surface area contributed by atoms with Gasteiger partial charge in [-0.25, -0.2) is 0 Å². The number of nitrogens with two attached hydrogens (primary N) is 1. The highest BCUT2D eigenvalue weighted by Gasteiger charge is 2.12. The van der Waals surface area contributed by atoms with E-state index in [1.54, 1.807) is 0 Å². The first-order chi connectivity index (χ1) is 8.93. The average molecular weight is 285 g/mol. The Balaban J connectivity index is 2.74. The highest BCUT2D eigenvalue weighted by Crippen LogP contribution is 2.20. The van der Waals surface area contributed by atoms with E-state index in [1.807, 2.05) is 0 Å². The van der Waals surface area contributed by atoms with Crippen LogP contribution < -0.4 is 11.1 Å². The summed E-state index contributed by atoms with van der Waals surface area (Å²) < 4.78 is 4.42. The minimum Gasteiger partial charge on any atom is -0.469 e. The Morgan fingerprint density at radius 3 is 2.58 bits per heavy atom. The molecule has 3 N–H and O–H groups in total. The number of ether oxygens (including phenoxy) is 1. The molecule has 0 unspecified atom stereocenters. The van der Waals surface area contributed by atoms with Crippen LogP contribution in [-0.4, -0.2) is 24.9 Å². The Hall–Kier alpha value is -2.08. The number of hydrogen-bond acceptors (Lipinski definition) is 4. The first-order valence-corrected chi connectivity index (χ1v) is 5.78. The standard InChI is InChI=1S/C12H13ClN2O4/c1-19-11(17)5-4-10(16)15-9-3-2-7(13)6-8(9)12(14)18/h2-3,6H,4-5H2,1H3,(H2,14,18)(H,15,16). The largest absolute Gasteiger partial charge is 0.469 e. The number of amides is 2. The molecule has 0 heterocycles. The second-order valence-corrected chi connectivity index (χ2v) is 4.11. The molecule has 0 saturated carbocycles. The molecule has 0 atom stereocenters. The molecule has 1 aromatic carbocycles. The predicted octanol–water partition coefficient (Wildman–Crippen LogP) is 1.33. The zero-order chi connectivity index (χ0) is 14.4. The van der Waals surface area contributed by atoms with Crippen LogP contribution in [0.1, 0.15) is 23.2 Å². The van der Waals surface area contributed by atoms with Gasteiger partial charge >= 0.3 is 5.97 Å². The summed E-state index contributed by atoms with van der Waals surface area (Å²) >= 11 is 5.74. The quantitative estimate of drug-likeness (QED) is 0.797. The third-order valence-electron chi connectivity index (χ3n) is 2.31. The molecule has 0 aliphatic heterocycles. The SMILES string of the molecule is COC(=O)CCC(=O)Nc1ccc(Cl)cc1C(N)=O. The van der Waals surface area contributed by atoms with Crippen molar-refractivity contribution in [1.29, 1.82) is 0 Å². The third-order valence-corrected chi connectivity index (χ3v) is 2.54. The lowest BCUT2D eigenvalue weighted by Crippen LogP contribution is -2.19. The number of benzene rings is 1. The van der Waals surface area contributed by atoms with E-state index in [4.69, 9.17) is 17.3 Å². The normalized spacial score (nSPS) is 9.79. The molecule has 1 aromatic rings. The van der Waals surface area contributed by atoms with Gasteiger partial charge in [0.25, 0.3) is 5.91 Å². The summed E-state index contributed by atoms with van der Waals surface area (Å²) in [6.45, 7) is 0. The fraction of sp³-hybridized carbons (Fsp3) is 0.250. The monoisotopic (exact) mass is 284 g/mol. The molecule has 6 nitrogen and oxygen atoms in total. The summed E-state index contributed by atoms with van der Waals surface area (Å²) in [6.07, 6.45) is -0.0880. The zero-order valence-electron chi connectivity index (χ0n) is 10.2. The fourth-order valence-electron chi connectivity index (χ4n) is 1.36. The highest BCUT2D eigenvalue weighted by atomic mass is 35.5.